The lowest BCUT2D eigenvalue weighted by molar-refractivity contribution is -0.150. The van der Waals surface area contributed by atoms with Crippen molar-refractivity contribution in [2.24, 2.45) is 5.92 Å². The lowest BCUT2D eigenvalue weighted by Gasteiger charge is -2.32. The molecule has 0 aliphatic carbocycles. The van der Waals surface area contributed by atoms with Gasteiger partial charge in [0.25, 0.3) is 5.91 Å². The van der Waals surface area contributed by atoms with Crippen LogP contribution in [-0.2, 0) is 20.9 Å². The molecule has 1 N–H and O–H groups in total. The van der Waals surface area contributed by atoms with E-state index in [4.69, 9.17) is 14.6 Å². The zero-order chi connectivity index (χ0) is 16.8. The first-order valence-corrected chi connectivity index (χ1v) is 7.77. The molecule has 6 nitrogen and oxygen atoms in total. The van der Waals surface area contributed by atoms with Crippen LogP contribution in [0.15, 0.2) is 24.3 Å². The van der Waals surface area contributed by atoms with Crippen LogP contribution < -0.4 is 4.74 Å². The highest BCUT2D eigenvalue weighted by Crippen LogP contribution is 2.19. The summed E-state index contributed by atoms with van der Waals surface area (Å²) in [7, 11) is 1.60. The van der Waals surface area contributed by atoms with Gasteiger partial charge in [-0.05, 0) is 37.5 Å². The second-order valence-corrected chi connectivity index (χ2v) is 5.77. The largest absolute Gasteiger partial charge is 0.497 e. The van der Waals surface area contributed by atoms with E-state index < -0.39 is 18.0 Å². The Morgan fingerprint density at radius 2 is 2.22 bits per heavy atom. The Kier molecular flexibility index (Phi) is 5.98. The average molecular weight is 321 g/mol. The molecule has 1 amide bonds. The van der Waals surface area contributed by atoms with E-state index in [2.05, 4.69) is 0 Å². The van der Waals surface area contributed by atoms with Crippen molar-refractivity contribution in [3.63, 3.8) is 0 Å². The van der Waals surface area contributed by atoms with Gasteiger partial charge < -0.3 is 19.5 Å². The van der Waals surface area contributed by atoms with E-state index in [1.54, 1.807) is 18.9 Å². The van der Waals surface area contributed by atoms with Crippen molar-refractivity contribution in [3.8, 4) is 5.75 Å². The molecule has 1 heterocycles. The number of hydrogen-bond acceptors (Lipinski definition) is 4. The number of hydrogen-bond donors (Lipinski definition) is 1. The fourth-order valence-corrected chi connectivity index (χ4v) is 2.69. The molecule has 0 unspecified atom stereocenters. The highest BCUT2D eigenvalue weighted by molar-refractivity contribution is 5.81. The zero-order valence-electron chi connectivity index (χ0n) is 13.5. The summed E-state index contributed by atoms with van der Waals surface area (Å²) < 4.78 is 10.8. The molecular weight excluding hydrogens is 298 g/mol. The van der Waals surface area contributed by atoms with Crippen LogP contribution in [-0.4, -0.2) is 48.2 Å². The van der Waals surface area contributed by atoms with Crippen molar-refractivity contribution in [1.82, 2.24) is 4.90 Å². The fraction of sp³-hybridized carbons (Fsp3) is 0.529. The third-order valence-corrected chi connectivity index (χ3v) is 4.06. The number of carboxylic acids is 1. The lowest BCUT2D eigenvalue weighted by Crippen LogP contribution is -2.46. The number of amides is 1. The van der Waals surface area contributed by atoms with Crippen molar-refractivity contribution in [2.75, 3.05) is 20.2 Å². The number of carboxylic acid groups (broad SMARTS) is 1. The average Bonchev–Trinajstić information content (AvgIpc) is 2.59. The number of ether oxygens (including phenoxy) is 2. The van der Waals surface area contributed by atoms with Gasteiger partial charge in [-0.2, -0.15) is 0 Å². The predicted molar refractivity (Wildman–Crippen MR) is 84.2 cm³/mol. The van der Waals surface area contributed by atoms with Crippen LogP contribution >= 0.6 is 0 Å². The monoisotopic (exact) mass is 321 g/mol. The van der Waals surface area contributed by atoms with Gasteiger partial charge in [0.15, 0.2) is 0 Å². The minimum atomic E-state index is -0.840. The first kappa shape index (κ1) is 17.3. The van der Waals surface area contributed by atoms with Gasteiger partial charge in [-0.1, -0.05) is 12.1 Å². The maximum absolute atomic E-state index is 12.4. The van der Waals surface area contributed by atoms with Gasteiger partial charge in [0.05, 0.1) is 19.6 Å². The van der Waals surface area contributed by atoms with Crippen molar-refractivity contribution >= 4 is 11.9 Å². The smallest absolute Gasteiger partial charge is 0.308 e. The summed E-state index contributed by atoms with van der Waals surface area (Å²) in [5.41, 5.74) is 0.922. The molecule has 0 spiro atoms. The lowest BCUT2D eigenvalue weighted by atomic mass is 9.98. The van der Waals surface area contributed by atoms with E-state index in [0.29, 0.717) is 26.0 Å². The van der Waals surface area contributed by atoms with Crippen LogP contribution in [0.1, 0.15) is 25.3 Å². The number of carbonyl (C=O) groups excluding carboxylic acids is 1. The number of methoxy groups -OCH3 is 1. The Bertz CT molecular complexity index is 560. The maximum atomic E-state index is 12.4. The molecule has 1 aromatic carbocycles. The van der Waals surface area contributed by atoms with E-state index in [1.807, 2.05) is 24.3 Å². The van der Waals surface area contributed by atoms with E-state index in [9.17, 15) is 9.59 Å². The SMILES string of the molecule is COc1cccc(CO[C@@H](C)C(=O)N2CCC[C@H](C(=O)O)C2)c1. The number of benzene rings is 1. The molecule has 1 aliphatic heterocycles. The van der Waals surface area contributed by atoms with Crippen molar-refractivity contribution in [3.05, 3.63) is 29.8 Å². The second kappa shape index (κ2) is 7.97. The van der Waals surface area contributed by atoms with Gasteiger partial charge in [-0.3, -0.25) is 9.59 Å². The number of likely N-dealkylation sites (tertiary alicyclic amines) is 1. The molecule has 126 valence electrons. The number of aliphatic carboxylic acids is 1. The molecule has 1 fully saturated rings. The third-order valence-electron chi connectivity index (χ3n) is 4.06. The zero-order valence-corrected chi connectivity index (χ0v) is 13.5. The second-order valence-electron chi connectivity index (χ2n) is 5.77. The molecule has 2 atom stereocenters. The summed E-state index contributed by atoms with van der Waals surface area (Å²) in [5, 5.41) is 9.10. The molecule has 1 aliphatic rings. The number of nitrogens with zero attached hydrogens (tertiary/aromatic N) is 1. The topological polar surface area (TPSA) is 76.1 Å². The molecule has 1 aromatic rings. The normalized spacial score (nSPS) is 19.2. The third kappa shape index (κ3) is 4.69. The Morgan fingerprint density at radius 1 is 1.43 bits per heavy atom. The van der Waals surface area contributed by atoms with Crippen LogP contribution in [0.25, 0.3) is 0 Å². The molecule has 0 radical (unpaired) electrons. The summed E-state index contributed by atoms with van der Waals surface area (Å²) in [4.78, 5) is 25.1. The van der Waals surface area contributed by atoms with Gasteiger partial charge in [0.2, 0.25) is 0 Å². The molecule has 23 heavy (non-hydrogen) atoms. The molecular formula is C17H23NO5. The summed E-state index contributed by atoms with van der Waals surface area (Å²) in [5.74, 6) is -0.727. The van der Waals surface area contributed by atoms with Crippen LogP contribution in [0.2, 0.25) is 0 Å². The first-order chi connectivity index (χ1) is 11.0. The maximum Gasteiger partial charge on any atom is 0.308 e. The van der Waals surface area contributed by atoms with Gasteiger partial charge in [0, 0.05) is 13.1 Å². The fourth-order valence-electron chi connectivity index (χ4n) is 2.69. The Labute approximate surface area is 136 Å². The minimum Gasteiger partial charge on any atom is -0.497 e. The Balaban J connectivity index is 1.88. The van der Waals surface area contributed by atoms with Crippen molar-refractivity contribution in [2.45, 2.75) is 32.5 Å². The van der Waals surface area contributed by atoms with Crippen molar-refractivity contribution < 1.29 is 24.2 Å². The summed E-state index contributed by atoms with van der Waals surface area (Å²) in [6.45, 7) is 2.86. The van der Waals surface area contributed by atoms with Crippen LogP contribution in [0, 0.1) is 5.92 Å². The van der Waals surface area contributed by atoms with Gasteiger partial charge >= 0.3 is 5.97 Å². The highest BCUT2D eigenvalue weighted by Gasteiger charge is 2.30. The number of rotatable bonds is 6. The van der Waals surface area contributed by atoms with Crippen LogP contribution in [0.4, 0.5) is 0 Å². The first-order valence-electron chi connectivity index (χ1n) is 7.77. The Hall–Kier alpha value is -2.08. The van der Waals surface area contributed by atoms with Crippen LogP contribution in [0.3, 0.4) is 0 Å². The summed E-state index contributed by atoms with van der Waals surface area (Å²) in [6, 6.07) is 7.48. The molecule has 1 saturated heterocycles. The van der Waals surface area contributed by atoms with Gasteiger partial charge in [-0.25, -0.2) is 0 Å². The molecule has 6 heteroatoms. The summed E-state index contributed by atoms with van der Waals surface area (Å²) in [6.07, 6.45) is 0.734. The van der Waals surface area contributed by atoms with Gasteiger partial charge in [-0.15, -0.1) is 0 Å². The minimum absolute atomic E-state index is 0.154. The molecule has 0 aromatic heterocycles. The van der Waals surface area contributed by atoms with E-state index in [1.165, 1.54) is 0 Å². The van der Waals surface area contributed by atoms with Gasteiger partial charge in [0.1, 0.15) is 11.9 Å². The van der Waals surface area contributed by atoms with E-state index in [-0.39, 0.29) is 12.5 Å². The molecule has 0 bridgehead atoms. The van der Waals surface area contributed by atoms with Crippen molar-refractivity contribution in [1.29, 1.82) is 0 Å². The predicted octanol–water partition coefficient (Wildman–Crippen LogP) is 1.92. The number of carbonyl (C=O) groups is 2. The quantitative estimate of drug-likeness (QED) is 0.866. The van der Waals surface area contributed by atoms with E-state index >= 15 is 0 Å². The number of piperidine rings is 1. The molecule has 0 saturated carbocycles. The standard InChI is InChI=1S/C17H23NO5/c1-12(23-11-13-5-3-7-15(9-13)22-2)16(19)18-8-4-6-14(10-18)17(20)21/h3,5,7,9,12,14H,4,6,8,10-11H2,1-2H3,(H,20,21)/t12-,14-/m0/s1. The Morgan fingerprint density at radius 3 is 2.91 bits per heavy atom. The van der Waals surface area contributed by atoms with E-state index in [0.717, 1.165) is 11.3 Å². The highest BCUT2D eigenvalue weighted by atomic mass is 16.5. The molecule has 2 rings (SSSR count). The summed E-state index contributed by atoms with van der Waals surface area (Å²) >= 11 is 0. The van der Waals surface area contributed by atoms with Crippen LogP contribution in [0.5, 0.6) is 5.75 Å².